The Morgan fingerprint density at radius 3 is 2.23 bits per heavy atom. The summed E-state index contributed by atoms with van der Waals surface area (Å²) < 4.78 is 1.77. The van der Waals surface area contributed by atoms with Crippen molar-refractivity contribution in [3.05, 3.63) is 66.7 Å². The predicted molar refractivity (Wildman–Crippen MR) is 139 cm³/mol. The number of carbonyl (C=O) groups excluding carboxylic acids is 2. The summed E-state index contributed by atoms with van der Waals surface area (Å²) in [6, 6.07) is 21.8. The summed E-state index contributed by atoms with van der Waals surface area (Å²) in [7, 11) is 0. The van der Waals surface area contributed by atoms with Crippen LogP contribution in [0.25, 0.3) is 16.9 Å². The highest BCUT2D eigenvalue weighted by molar-refractivity contribution is 5.92. The molecule has 2 N–H and O–H groups in total. The molecule has 184 valence electrons. The van der Waals surface area contributed by atoms with Crippen LogP contribution in [0.1, 0.15) is 33.6 Å². The fourth-order valence-corrected chi connectivity index (χ4v) is 4.23. The number of hydrogen-bond acceptors (Lipinski definition) is 4. The van der Waals surface area contributed by atoms with Gasteiger partial charge in [0, 0.05) is 23.6 Å². The molecule has 0 saturated carbocycles. The van der Waals surface area contributed by atoms with Crippen molar-refractivity contribution in [2.75, 3.05) is 25.0 Å². The Balaban J connectivity index is 1.39. The van der Waals surface area contributed by atoms with Crippen LogP contribution in [0.15, 0.2) is 66.7 Å². The van der Waals surface area contributed by atoms with Gasteiger partial charge in [-0.2, -0.15) is 5.10 Å². The SMILES string of the molecule is CC(C)C(C)NC(=O)C1CCN(CC(=O)Nc2cc(-c3ccccc3)nn2-c2ccccc2)CC1. The molecule has 1 aliphatic rings. The van der Waals surface area contributed by atoms with Crippen LogP contribution in [0.5, 0.6) is 0 Å². The third-order valence-corrected chi connectivity index (χ3v) is 6.74. The van der Waals surface area contributed by atoms with Crippen molar-refractivity contribution in [3.8, 4) is 16.9 Å². The van der Waals surface area contributed by atoms with Gasteiger partial charge in [0.25, 0.3) is 0 Å². The van der Waals surface area contributed by atoms with Gasteiger partial charge in [0.15, 0.2) is 0 Å². The van der Waals surface area contributed by atoms with Gasteiger partial charge >= 0.3 is 0 Å². The lowest BCUT2D eigenvalue weighted by molar-refractivity contribution is -0.127. The maximum Gasteiger partial charge on any atom is 0.239 e. The standard InChI is InChI=1S/C28H35N5O2/c1-20(2)21(3)29-28(35)23-14-16-32(17-15-23)19-27(34)30-26-18-25(22-10-6-4-7-11-22)31-33(26)24-12-8-5-9-13-24/h4-13,18,20-21,23H,14-17,19H2,1-3H3,(H,29,35)(H,30,34). The van der Waals surface area contributed by atoms with Gasteiger partial charge in [-0.3, -0.25) is 14.5 Å². The van der Waals surface area contributed by atoms with Gasteiger partial charge in [0.2, 0.25) is 11.8 Å². The van der Waals surface area contributed by atoms with E-state index in [0.717, 1.165) is 42.9 Å². The number of benzene rings is 2. The van der Waals surface area contributed by atoms with E-state index < -0.39 is 0 Å². The lowest BCUT2D eigenvalue weighted by atomic mass is 9.95. The van der Waals surface area contributed by atoms with Crippen LogP contribution in [-0.4, -0.2) is 52.2 Å². The first-order valence-corrected chi connectivity index (χ1v) is 12.4. The molecule has 0 bridgehead atoms. The van der Waals surface area contributed by atoms with E-state index in [0.29, 0.717) is 11.7 Å². The van der Waals surface area contributed by atoms with Crippen molar-refractivity contribution in [1.82, 2.24) is 20.0 Å². The number of amides is 2. The molecule has 1 aromatic heterocycles. The highest BCUT2D eigenvalue weighted by atomic mass is 16.2. The summed E-state index contributed by atoms with van der Waals surface area (Å²) in [4.78, 5) is 27.6. The molecule has 0 radical (unpaired) electrons. The van der Waals surface area contributed by atoms with Gasteiger partial charge in [-0.15, -0.1) is 0 Å². The molecule has 1 unspecified atom stereocenters. The van der Waals surface area contributed by atoms with Crippen LogP contribution in [0, 0.1) is 11.8 Å². The first-order chi connectivity index (χ1) is 16.9. The molecule has 3 aromatic rings. The molecule has 2 amide bonds. The molecule has 4 rings (SSSR count). The van der Waals surface area contributed by atoms with Crippen molar-refractivity contribution in [3.63, 3.8) is 0 Å². The number of likely N-dealkylation sites (tertiary alicyclic amines) is 1. The topological polar surface area (TPSA) is 79.3 Å². The largest absolute Gasteiger partial charge is 0.353 e. The molecular weight excluding hydrogens is 438 g/mol. The number of hydrogen-bond donors (Lipinski definition) is 2. The average molecular weight is 474 g/mol. The van der Waals surface area contributed by atoms with Gasteiger partial charge in [-0.25, -0.2) is 4.68 Å². The summed E-state index contributed by atoms with van der Waals surface area (Å²) in [6.45, 7) is 8.02. The van der Waals surface area contributed by atoms with Crippen LogP contribution in [0.2, 0.25) is 0 Å². The van der Waals surface area contributed by atoms with E-state index >= 15 is 0 Å². The van der Waals surface area contributed by atoms with Gasteiger partial charge in [-0.05, 0) is 50.9 Å². The molecule has 1 fully saturated rings. The molecule has 2 heterocycles. The Morgan fingerprint density at radius 1 is 0.971 bits per heavy atom. The van der Waals surface area contributed by atoms with Gasteiger partial charge < -0.3 is 10.6 Å². The fourth-order valence-electron chi connectivity index (χ4n) is 4.23. The van der Waals surface area contributed by atoms with E-state index in [1.807, 2.05) is 73.7 Å². The number of nitrogens with zero attached hydrogens (tertiary/aromatic N) is 3. The summed E-state index contributed by atoms with van der Waals surface area (Å²) in [5, 5.41) is 10.9. The Labute approximate surface area is 207 Å². The van der Waals surface area contributed by atoms with E-state index in [2.05, 4.69) is 29.4 Å². The van der Waals surface area contributed by atoms with E-state index in [-0.39, 0.29) is 30.3 Å². The average Bonchev–Trinajstić information content (AvgIpc) is 3.29. The molecule has 2 aromatic carbocycles. The summed E-state index contributed by atoms with van der Waals surface area (Å²) in [5.74, 6) is 1.11. The van der Waals surface area contributed by atoms with Crippen molar-refractivity contribution in [2.45, 2.75) is 39.7 Å². The lowest BCUT2D eigenvalue weighted by Gasteiger charge is -2.31. The maximum atomic E-state index is 13.0. The Bertz CT molecular complexity index is 1120. The van der Waals surface area contributed by atoms with E-state index in [9.17, 15) is 9.59 Å². The molecule has 1 saturated heterocycles. The molecule has 1 aliphatic heterocycles. The van der Waals surface area contributed by atoms with Crippen LogP contribution < -0.4 is 10.6 Å². The molecule has 1 atom stereocenters. The zero-order chi connectivity index (χ0) is 24.8. The number of carbonyl (C=O) groups is 2. The minimum atomic E-state index is -0.0852. The third kappa shape index (κ3) is 6.36. The second-order valence-corrected chi connectivity index (χ2v) is 9.67. The molecule has 0 spiro atoms. The number of anilines is 1. The Hall–Kier alpha value is -3.45. The van der Waals surface area contributed by atoms with Gasteiger partial charge in [0.1, 0.15) is 5.82 Å². The zero-order valence-electron chi connectivity index (χ0n) is 20.8. The number of aromatic nitrogens is 2. The Kier molecular flexibility index (Phi) is 7.98. The van der Waals surface area contributed by atoms with Crippen molar-refractivity contribution in [1.29, 1.82) is 0 Å². The first kappa shape index (κ1) is 24.7. The first-order valence-electron chi connectivity index (χ1n) is 12.4. The minimum absolute atomic E-state index is 0.0171. The predicted octanol–water partition coefficient (Wildman–Crippen LogP) is 4.35. The number of rotatable bonds is 8. The normalized spacial score (nSPS) is 15.7. The third-order valence-electron chi connectivity index (χ3n) is 6.74. The number of piperidine rings is 1. The summed E-state index contributed by atoms with van der Waals surface area (Å²) in [5.41, 5.74) is 2.67. The van der Waals surface area contributed by atoms with Crippen molar-refractivity contribution >= 4 is 17.6 Å². The second kappa shape index (κ2) is 11.3. The quantitative estimate of drug-likeness (QED) is 0.510. The van der Waals surface area contributed by atoms with E-state index in [4.69, 9.17) is 5.10 Å². The molecular formula is C28H35N5O2. The van der Waals surface area contributed by atoms with Crippen LogP contribution in [0.3, 0.4) is 0 Å². The lowest BCUT2D eigenvalue weighted by Crippen LogP contribution is -2.45. The van der Waals surface area contributed by atoms with Crippen molar-refractivity contribution < 1.29 is 9.59 Å². The van der Waals surface area contributed by atoms with Gasteiger partial charge in [0.05, 0.1) is 17.9 Å². The molecule has 7 nitrogen and oxygen atoms in total. The maximum absolute atomic E-state index is 13.0. The van der Waals surface area contributed by atoms with Crippen LogP contribution >= 0.6 is 0 Å². The number of nitrogens with one attached hydrogen (secondary N) is 2. The summed E-state index contributed by atoms with van der Waals surface area (Å²) >= 11 is 0. The highest BCUT2D eigenvalue weighted by Crippen LogP contribution is 2.25. The molecule has 35 heavy (non-hydrogen) atoms. The molecule has 0 aliphatic carbocycles. The van der Waals surface area contributed by atoms with E-state index in [1.165, 1.54) is 0 Å². The van der Waals surface area contributed by atoms with Crippen LogP contribution in [0.4, 0.5) is 5.82 Å². The number of para-hydroxylation sites is 1. The van der Waals surface area contributed by atoms with Gasteiger partial charge in [-0.1, -0.05) is 62.4 Å². The summed E-state index contributed by atoms with van der Waals surface area (Å²) in [6.07, 6.45) is 1.54. The Morgan fingerprint density at radius 2 is 1.60 bits per heavy atom. The monoisotopic (exact) mass is 473 g/mol. The fraction of sp³-hybridized carbons (Fsp3) is 0.393. The van der Waals surface area contributed by atoms with Crippen LogP contribution in [-0.2, 0) is 9.59 Å². The van der Waals surface area contributed by atoms with Crippen molar-refractivity contribution in [2.24, 2.45) is 11.8 Å². The van der Waals surface area contributed by atoms with E-state index in [1.54, 1.807) is 4.68 Å². The highest BCUT2D eigenvalue weighted by Gasteiger charge is 2.27. The molecule has 7 heteroatoms. The minimum Gasteiger partial charge on any atom is -0.353 e. The zero-order valence-corrected chi connectivity index (χ0v) is 20.8. The second-order valence-electron chi connectivity index (χ2n) is 9.67. The smallest absolute Gasteiger partial charge is 0.239 e.